The molecule has 0 saturated carbocycles. The fraction of sp³-hybridized carbons (Fsp3) is 0. The lowest BCUT2D eigenvalue weighted by molar-refractivity contribution is 0.489. The third-order valence-corrected chi connectivity index (χ3v) is 3.70. The van der Waals surface area contributed by atoms with Gasteiger partial charge in [-0.05, 0) is 23.9 Å². The highest BCUT2D eigenvalue weighted by atomic mass is 35.5. The van der Waals surface area contributed by atoms with E-state index in [1.54, 1.807) is 10.6 Å². The first-order chi connectivity index (χ1) is 9.79. The van der Waals surface area contributed by atoms with Crippen molar-refractivity contribution in [3.63, 3.8) is 0 Å². The predicted molar refractivity (Wildman–Crippen MR) is 73.9 cm³/mol. The third-order valence-electron chi connectivity index (χ3n) is 2.65. The van der Waals surface area contributed by atoms with Gasteiger partial charge in [0.05, 0.1) is 0 Å². The average molecular weight is 304 g/mol. The van der Waals surface area contributed by atoms with Gasteiger partial charge in [-0.3, -0.25) is 0 Å². The summed E-state index contributed by atoms with van der Waals surface area (Å²) in [4.78, 5) is 12.5. The minimum absolute atomic E-state index is 0.351. The highest BCUT2D eigenvalue weighted by Gasteiger charge is 2.12. The van der Waals surface area contributed by atoms with Crippen LogP contribution in [0.15, 0.2) is 51.3 Å². The molecule has 8 heteroatoms. The SMILES string of the molecule is Clc1cc(Sc2nc3ccccc3o2)n2ncnc2n1. The molecule has 0 radical (unpaired) electrons. The number of para-hydroxylation sites is 2. The van der Waals surface area contributed by atoms with Crippen LogP contribution in [0.1, 0.15) is 0 Å². The summed E-state index contributed by atoms with van der Waals surface area (Å²) in [5.41, 5.74) is 1.55. The van der Waals surface area contributed by atoms with Gasteiger partial charge in [0.15, 0.2) is 5.58 Å². The van der Waals surface area contributed by atoms with Gasteiger partial charge in [-0.2, -0.15) is 19.6 Å². The van der Waals surface area contributed by atoms with Crippen LogP contribution < -0.4 is 0 Å². The Hall–Kier alpha value is -2.12. The Balaban J connectivity index is 1.81. The fourth-order valence-electron chi connectivity index (χ4n) is 1.81. The molecule has 0 bridgehead atoms. The van der Waals surface area contributed by atoms with E-state index in [2.05, 4.69) is 20.1 Å². The lowest BCUT2D eigenvalue weighted by Crippen LogP contribution is -1.95. The third kappa shape index (κ3) is 1.91. The molecule has 0 saturated heterocycles. The molecule has 20 heavy (non-hydrogen) atoms. The van der Waals surface area contributed by atoms with Gasteiger partial charge in [-0.15, -0.1) is 0 Å². The molecule has 0 spiro atoms. The molecular weight excluding hydrogens is 298 g/mol. The molecule has 0 fully saturated rings. The Bertz CT molecular complexity index is 885. The van der Waals surface area contributed by atoms with Gasteiger partial charge in [0.1, 0.15) is 22.0 Å². The first-order valence-electron chi connectivity index (χ1n) is 5.69. The molecule has 6 nitrogen and oxygen atoms in total. The smallest absolute Gasteiger partial charge is 0.263 e. The number of oxazole rings is 1. The summed E-state index contributed by atoms with van der Waals surface area (Å²) >= 11 is 7.29. The van der Waals surface area contributed by atoms with Crippen molar-refractivity contribution in [2.24, 2.45) is 0 Å². The van der Waals surface area contributed by atoms with Crippen molar-refractivity contribution in [1.82, 2.24) is 24.6 Å². The molecule has 0 aliphatic heterocycles. The molecular formula is C12H6ClN5OS. The zero-order valence-electron chi connectivity index (χ0n) is 9.89. The summed E-state index contributed by atoms with van der Waals surface area (Å²) in [6.45, 7) is 0. The lowest BCUT2D eigenvalue weighted by Gasteiger charge is -2.00. The Morgan fingerprint density at radius 2 is 2.10 bits per heavy atom. The zero-order chi connectivity index (χ0) is 13.5. The molecule has 98 valence electrons. The number of hydrogen-bond donors (Lipinski definition) is 0. The second kappa shape index (κ2) is 4.46. The van der Waals surface area contributed by atoms with E-state index in [1.807, 2.05) is 24.3 Å². The predicted octanol–water partition coefficient (Wildman–Crippen LogP) is 3.07. The molecule has 3 aromatic heterocycles. The monoisotopic (exact) mass is 303 g/mol. The van der Waals surface area contributed by atoms with Crippen molar-refractivity contribution in [1.29, 1.82) is 0 Å². The summed E-state index contributed by atoms with van der Waals surface area (Å²) < 4.78 is 7.25. The molecule has 0 unspecified atom stereocenters. The van der Waals surface area contributed by atoms with Gasteiger partial charge in [0.25, 0.3) is 11.0 Å². The van der Waals surface area contributed by atoms with Crippen LogP contribution in [-0.4, -0.2) is 24.6 Å². The van der Waals surface area contributed by atoms with Crippen LogP contribution >= 0.6 is 23.4 Å². The molecule has 1 aromatic carbocycles. The number of hydrogen-bond acceptors (Lipinski definition) is 6. The molecule has 0 amide bonds. The number of rotatable bonds is 2. The summed E-state index contributed by atoms with van der Waals surface area (Å²) in [7, 11) is 0. The van der Waals surface area contributed by atoms with Crippen molar-refractivity contribution in [2.45, 2.75) is 10.2 Å². The van der Waals surface area contributed by atoms with Gasteiger partial charge in [0, 0.05) is 6.07 Å². The van der Waals surface area contributed by atoms with E-state index in [-0.39, 0.29) is 0 Å². The first-order valence-corrected chi connectivity index (χ1v) is 6.89. The summed E-state index contributed by atoms with van der Waals surface area (Å²) in [6.07, 6.45) is 1.43. The van der Waals surface area contributed by atoms with Gasteiger partial charge in [0.2, 0.25) is 0 Å². The normalized spacial score (nSPS) is 11.4. The van der Waals surface area contributed by atoms with E-state index >= 15 is 0 Å². The Labute approximate surface area is 121 Å². The van der Waals surface area contributed by atoms with Crippen LogP contribution in [-0.2, 0) is 0 Å². The molecule has 4 rings (SSSR count). The van der Waals surface area contributed by atoms with Crippen molar-refractivity contribution in [2.75, 3.05) is 0 Å². The maximum Gasteiger partial charge on any atom is 0.263 e. The van der Waals surface area contributed by atoms with Crippen LogP contribution in [0, 0.1) is 0 Å². The number of halogens is 1. The molecule has 0 atom stereocenters. The first kappa shape index (κ1) is 11.7. The lowest BCUT2D eigenvalue weighted by atomic mass is 10.3. The highest BCUT2D eigenvalue weighted by molar-refractivity contribution is 7.99. The van der Waals surface area contributed by atoms with Crippen LogP contribution in [0.4, 0.5) is 0 Å². The maximum atomic E-state index is 5.97. The van der Waals surface area contributed by atoms with E-state index in [1.165, 1.54) is 18.1 Å². The Kier molecular flexibility index (Phi) is 2.61. The van der Waals surface area contributed by atoms with Crippen molar-refractivity contribution < 1.29 is 4.42 Å². The Morgan fingerprint density at radius 1 is 1.20 bits per heavy atom. The standard InChI is InChI=1S/C12H6ClN5OS/c13-9-5-10(18-11(17-9)14-6-15-18)20-12-16-7-3-1-2-4-8(7)19-12/h1-6H. The highest BCUT2D eigenvalue weighted by Crippen LogP contribution is 2.30. The second-order valence-corrected chi connectivity index (χ2v) is 5.30. The van der Waals surface area contributed by atoms with Crippen LogP contribution in [0.25, 0.3) is 16.9 Å². The van der Waals surface area contributed by atoms with E-state index in [0.29, 0.717) is 16.2 Å². The van der Waals surface area contributed by atoms with Gasteiger partial charge >= 0.3 is 0 Å². The number of aromatic nitrogens is 5. The summed E-state index contributed by atoms with van der Waals surface area (Å²) in [5, 5.41) is 5.71. The van der Waals surface area contributed by atoms with Crippen LogP contribution in [0.2, 0.25) is 5.15 Å². The fourth-order valence-corrected chi connectivity index (χ4v) is 2.90. The molecule has 0 aliphatic rings. The van der Waals surface area contributed by atoms with Gasteiger partial charge in [-0.1, -0.05) is 23.7 Å². The average Bonchev–Trinajstić information content (AvgIpc) is 3.03. The van der Waals surface area contributed by atoms with Gasteiger partial charge in [-0.25, -0.2) is 4.98 Å². The number of nitrogens with zero attached hydrogens (tertiary/aromatic N) is 5. The quantitative estimate of drug-likeness (QED) is 0.530. The van der Waals surface area contributed by atoms with Crippen molar-refractivity contribution in [3.8, 4) is 0 Å². The minimum atomic E-state index is 0.351. The Morgan fingerprint density at radius 3 is 3.00 bits per heavy atom. The molecule has 0 N–H and O–H groups in total. The van der Waals surface area contributed by atoms with Crippen molar-refractivity contribution >= 4 is 40.2 Å². The topological polar surface area (TPSA) is 69.1 Å². The molecule has 4 aromatic rings. The van der Waals surface area contributed by atoms with E-state index in [9.17, 15) is 0 Å². The summed E-state index contributed by atoms with van der Waals surface area (Å²) in [6, 6.07) is 9.28. The largest absolute Gasteiger partial charge is 0.431 e. The second-order valence-electron chi connectivity index (χ2n) is 3.94. The minimum Gasteiger partial charge on any atom is -0.431 e. The van der Waals surface area contributed by atoms with Gasteiger partial charge < -0.3 is 4.42 Å². The van der Waals surface area contributed by atoms with Crippen LogP contribution in [0.3, 0.4) is 0 Å². The van der Waals surface area contributed by atoms with Crippen LogP contribution in [0.5, 0.6) is 0 Å². The van der Waals surface area contributed by atoms with E-state index < -0.39 is 0 Å². The van der Waals surface area contributed by atoms with E-state index in [0.717, 1.165) is 16.1 Å². The maximum absolute atomic E-state index is 5.97. The van der Waals surface area contributed by atoms with E-state index in [4.69, 9.17) is 16.0 Å². The molecule has 3 heterocycles. The number of benzene rings is 1. The summed E-state index contributed by atoms with van der Waals surface area (Å²) in [5.74, 6) is 0.441. The van der Waals surface area contributed by atoms with Crippen molar-refractivity contribution in [3.05, 3.63) is 41.8 Å². The molecule has 0 aliphatic carbocycles. The zero-order valence-corrected chi connectivity index (χ0v) is 11.5. The number of fused-ring (bicyclic) bond motifs is 2.